The second-order valence-electron chi connectivity index (χ2n) is 5.04. The molecule has 0 heterocycles. The lowest BCUT2D eigenvalue weighted by molar-refractivity contribution is 0.0694. The highest BCUT2D eigenvalue weighted by molar-refractivity contribution is 6.31. The topological polar surface area (TPSA) is 20.3 Å². The number of carbonyl (C=O) groups excluding carboxylic acids is 1. The first kappa shape index (κ1) is 14.7. The minimum atomic E-state index is 0.0625. The van der Waals surface area contributed by atoms with E-state index >= 15 is 0 Å². The fraction of sp³-hybridized carbons (Fsp3) is 0.533. The van der Waals surface area contributed by atoms with E-state index in [0.29, 0.717) is 29.1 Å². The first-order valence-corrected chi connectivity index (χ1v) is 7.68. The van der Waals surface area contributed by atoms with E-state index in [-0.39, 0.29) is 5.91 Å². The van der Waals surface area contributed by atoms with E-state index in [1.807, 2.05) is 30.0 Å². The number of alkyl halides is 1. The van der Waals surface area contributed by atoms with Gasteiger partial charge in [-0.25, -0.2) is 0 Å². The van der Waals surface area contributed by atoms with Crippen molar-refractivity contribution >= 4 is 29.1 Å². The molecule has 1 aromatic carbocycles. The maximum Gasteiger partial charge on any atom is 0.254 e. The van der Waals surface area contributed by atoms with Gasteiger partial charge in [0.1, 0.15) is 0 Å². The molecule has 104 valence electrons. The van der Waals surface area contributed by atoms with Crippen LogP contribution in [0.5, 0.6) is 0 Å². The highest BCUT2D eigenvalue weighted by Gasteiger charge is 2.27. The van der Waals surface area contributed by atoms with Crippen molar-refractivity contribution in [3.63, 3.8) is 0 Å². The highest BCUT2D eigenvalue weighted by Crippen LogP contribution is 2.27. The molecule has 0 radical (unpaired) electrons. The van der Waals surface area contributed by atoms with Gasteiger partial charge in [-0.2, -0.15) is 0 Å². The summed E-state index contributed by atoms with van der Waals surface area (Å²) in [7, 11) is 0. The number of carbonyl (C=O) groups is 1. The van der Waals surface area contributed by atoms with Gasteiger partial charge in [-0.05, 0) is 37.5 Å². The Hall–Kier alpha value is -0.730. The number of benzene rings is 1. The Morgan fingerprint density at radius 2 is 2.05 bits per heavy atom. The van der Waals surface area contributed by atoms with Crippen molar-refractivity contribution in [1.82, 2.24) is 4.90 Å². The zero-order chi connectivity index (χ0) is 13.8. The summed E-state index contributed by atoms with van der Waals surface area (Å²) in [5.41, 5.74) is 1.55. The maximum absolute atomic E-state index is 12.7. The van der Waals surface area contributed by atoms with Crippen LogP contribution in [-0.4, -0.2) is 29.3 Å². The molecular formula is C15H19Cl2NO. The lowest BCUT2D eigenvalue weighted by atomic mass is 10.1. The predicted molar refractivity (Wildman–Crippen MR) is 80.2 cm³/mol. The Balaban J connectivity index is 2.25. The summed E-state index contributed by atoms with van der Waals surface area (Å²) in [6.45, 7) is 2.50. The molecule has 0 bridgehead atoms. The van der Waals surface area contributed by atoms with Crippen LogP contribution in [0.15, 0.2) is 18.2 Å². The smallest absolute Gasteiger partial charge is 0.254 e. The average molecular weight is 300 g/mol. The van der Waals surface area contributed by atoms with E-state index in [9.17, 15) is 4.79 Å². The fourth-order valence-electron chi connectivity index (χ4n) is 2.75. The maximum atomic E-state index is 12.7. The third-order valence-corrected chi connectivity index (χ3v) is 4.43. The third kappa shape index (κ3) is 3.24. The van der Waals surface area contributed by atoms with E-state index in [2.05, 4.69) is 0 Å². The molecule has 19 heavy (non-hydrogen) atoms. The van der Waals surface area contributed by atoms with Gasteiger partial charge in [0.2, 0.25) is 0 Å². The van der Waals surface area contributed by atoms with Crippen LogP contribution in [0, 0.1) is 6.92 Å². The Labute approximate surface area is 124 Å². The first-order valence-electron chi connectivity index (χ1n) is 6.77. The van der Waals surface area contributed by atoms with Gasteiger partial charge in [-0.15, -0.1) is 11.6 Å². The summed E-state index contributed by atoms with van der Waals surface area (Å²) in [4.78, 5) is 14.6. The Kier molecular flexibility index (Phi) is 5.12. The number of amides is 1. The summed E-state index contributed by atoms with van der Waals surface area (Å²) in [5.74, 6) is 0.537. The standard InChI is InChI=1S/C15H19Cl2NO/c1-11-13(7-4-8-14(11)17)15(19)18(10-9-16)12-5-2-3-6-12/h4,7-8,12H,2-3,5-6,9-10H2,1H3. The number of halogens is 2. The zero-order valence-corrected chi connectivity index (χ0v) is 12.7. The van der Waals surface area contributed by atoms with Gasteiger partial charge in [-0.3, -0.25) is 4.79 Å². The molecular weight excluding hydrogens is 281 g/mol. The van der Waals surface area contributed by atoms with Crippen molar-refractivity contribution in [2.24, 2.45) is 0 Å². The van der Waals surface area contributed by atoms with Crippen LogP contribution in [0.4, 0.5) is 0 Å². The molecule has 0 unspecified atom stereocenters. The molecule has 0 N–H and O–H groups in total. The number of nitrogens with zero attached hydrogens (tertiary/aromatic N) is 1. The van der Waals surface area contributed by atoms with Gasteiger partial charge in [0.25, 0.3) is 5.91 Å². The summed E-state index contributed by atoms with van der Waals surface area (Å²) in [5, 5.41) is 0.642. The summed E-state index contributed by atoms with van der Waals surface area (Å²) >= 11 is 12.0. The predicted octanol–water partition coefficient (Wildman–Crippen LogP) is 4.27. The SMILES string of the molecule is Cc1c(Cl)cccc1C(=O)N(CCCl)C1CCCC1. The van der Waals surface area contributed by atoms with Crippen LogP contribution in [0.25, 0.3) is 0 Å². The van der Waals surface area contributed by atoms with E-state index in [1.54, 1.807) is 0 Å². The number of hydrogen-bond donors (Lipinski definition) is 0. The Bertz CT molecular complexity index is 455. The van der Waals surface area contributed by atoms with E-state index in [4.69, 9.17) is 23.2 Å². The van der Waals surface area contributed by atoms with Crippen molar-refractivity contribution in [3.8, 4) is 0 Å². The molecule has 1 aliphatic rings. The van der Waals surface area contributed by atoms with Gasteiger partial charge in [0.15, 0.2) is 0 Å². The molecule has 1 saturated carbocycles. The summed E-state index contributed by atoms with van der Waals surface area (Å²) in [6.07, 6.45) is 4.57. The molecule has 1 aromatic rings. The van der Waals surface area contributed by atoms with Crippen molar-refractivity contribution in [1.29, 1.82) is 0 Å². The summed E-state index contributed by atoms with van der Waals surface area (Å²) in [6, 6.07) is 5.83. The van der Waals surface area contributed by atoms with Gasteiger partial charge < -0.3 is 4.90 Å². The molecule has 0 saturated heterocycles. The van der Waals surface area contributed by atoms with Crippen molar-refractivity contribution in [2.45, 2.75) is 38.6 Å². The van der Waals surface area contributed by atoms with E-state index in [0.717, 1.165) is 18.4 Å². The Morgan fingerprint density at radius 1 is 1.37 bits per heavy atom. The normalized spacial score (nSPS) is 15.7. The molecule has 1 aliphatic carbocycles. The van der Waals surface area contributed by atoms with Crippen LogP contribution < -0.4 is 0 Å². The monoisotopic (exact) mass is 299 g/mol. The van der Waals surface area contributed by atoms with Crippen LogP contribution in [0.3, 0.4) is 0 Å². The van der Waals surface area contributed by atoms with Crippen LogP contribution in [-0.2, 0) is 0 Å². The van der Waals surface area contributed by atoms with E-state index in [1.165, 1.54) is 12.8 Å². The Morgan fingerprint density at radius 3 is 2.68 bits per heavy atom. The first-order chi connectivity index (χ1) is 9.15. The van der Waals surface area contributed by atoms with Crippen LogP contribution in [0.1, 0.15) is 41.6 Å². The lowest BCUT2D eigenvalue weighted by Gasteiger charge is -2.29. The molecule has 2 nitrogen and oxygen atoms in total. The van der Waals surface area contributed by atoms with Gasteiger partial charge in [0, 0.05) is 29.1 Å². The molecule has 0 spiro atoms. The summed E-state index contributed by atoms with van der Waals surface area (Å²) < 4.78 is 0. The molecule has 2 rings (SSSR count). The lowest BCUT2D eigenvalue weighted by Crippen LogP contribution is -2.40. The largest absolute Gasteiger partial charge is 0.334 e. The molecule has 0 atom stereocenters. The highest BCUT2D eigenvalue weighted by atomic mass is 35.5. The average Bonchev–Trinajstić information content (AvgIpc) is 2.92. The van der Waals surface area contributed by atoms with Gasteiger partial charge in [0.05, 0.1) is 0 Å². The number of rotatable bonds is 4. The number of hydrogen-bond acceptors (Lipinski definition) is 1. The molecule has 1 amide bonds. The van der Waals surface area contributed by atoms with Crippen molar-refractivity contribution < 1.29 is 4.79 Å². The second-order valence-corrected chi connectivity index (χ2v) is 5.82. The molecule has 0 aliphatic heterocycles. The van der Waals surface area contributed by atoms with E-state index < -0.39 is 0 Å². The van der Waals surface area contributed by atoms with Crippen LogP contribution >= 0.6 is 23.2 Å². The minimum absolute atomic E-state index is 0.0625. The third-order valence-electron chi connectivity index (χ3n) is 3.85. The zero-order valence-electron chi connectivity index (χ0n) is 11.2. The molecule has 4 heteroatoms. The quantitative estimate of drug-likeness (QED) is 0.760. The molecule has 1 fully saturated rings. The minimum Gasteiger partial charge on any atom is -0.334 e. The van der Waals surface area contributed by atoms with Gasteiger partial charge >= 0.3 is 0 Å². The van der Waals surface area contributed by atoms with Crippen LogP contribution in [0.2, 0.25) is 5.02 Å². The van der Waals surface area contributed by atoms with Crippen molar-refractivity contribution in [2.75, 3.05) is 12.4 Å². The molecule has 0 aromatic heterocycles. The van der Waals surface area contributed by atoms with Gasteiger partial charge in [-0.1, -0.05) is 30.5 Å². The fourth-order valence-corrected chi connectivity index (χ4v) is 3.11. The second kappa shape index (κ2) is 6.62. The van der Waals surface area contributed by atoms with Crippen molar-refractivity contribution in [3.05, 3.63) is 34.3 Å².